The quantitative estimate of drug-likeness (QED) is 0.385. The Hall–Kier alpha value is -3.84. The average Bonchev–Trinajstić information content (AvgIpc) is 3.46. The second kappa shape index (κ2) is 9.97. The molecule has 1 aliphatic carbocycles. The highest BCUT2D eigenvalue weighted by atomic mass is 19.4. The first-order valence-electron chi connectivity index (χ1n) is 12.7. The number of alkyl halides is 6. The molecule has 0 saturated carbocycles. The lowest BCUT2D eigenvalue weighted by Crippen LogP contribution is -2.32. The highest BCUT2D eigenvalue weighted by Gasteiger charge is 2.39. The number of hydrogen-bond donors (Lipinski definition) is 1. The molecule has 2 aliphatic rings. The van der Waals surface area contributed by atoms with E-state index in [1.165, 1.54) is 16.8 Å². The molecule has 1 N–H and O–H groups in total. The van der Waals surface area contributed by atoms with E-state index in [1.807, 2.05) is 13.0 Å². The van der Waals surface area contributed by atoms with Gasteiger partial charge in [0.15, 0.2) is 0 Å². The van der Waals surface area contributed by atoms with Gasteiger partial charge < -0.3 is 10.0 Å². The third kappa shape index (κ3) is 5.18. The number of aryl methyl sites for hydroxylation is 2. The third-order valence-electron chi connectivity index (χ3n) is 7.52. The highest BCUT2D eigenvalue weighted by molar-refractivity contribution is 5.89. The van der Waals surface area contributed by atoms with Gasteiger partial charge in [-0.15, -0.1) is 5.10 Å². The molecule has 0 radical (unpaired) electrons. The summed E-state index contributed by atoms with van der Waals surface area (Å²) in [5.74, 6) is 0.00588. The van der Waals surface area contributed by atoms with Gasteiger partial charge in [-0.25, -0.2) is 4.79 Å². The van der Waals surface area contributed by atoms with Crippen molar-refractivity contribution in [2.24, 2.45) is 7.05 Å². The summed E-state index contributed by atoms with van der Waals surface area (Å²) in [5.41, 5.74) is 0.963. The SMILES string of the molecule is Cc1c2c(cc3c1N(C(=O)O)CCCC3N(Cc1cc(C(F)(F)F)cc(C(F)(F)F)c1)c1nnn(C)n1)CCC2. The fourth-order valence-electron chi connectivity index (χ4n) is 5.82. The molecular weight excluding hydrogens is 542 g/mol. The molecule has 8 nitrogen and oxygen atoms in total. The van der Waals surface area contributed by atoms with E-state index in [0.29, 0.717) is 36.2 Å². The van der Waals surface area contributed by atoms with E-state index in [1.54, 1.807) is 0 Å². The zero-order valence-corrected chi connectivity index (χ0v) is 21.6. The minimum absolute atomic E-state index is 0.00588. The fourth-order valence-corrected chi connectivity index (χ4v) is 5.82. The molecular formula is C26H26F6N6O2. The molecule has 2 aromatic carbocycles. The molecule has 214 valence electrons. The zero-order valence-electron chi connectivity index (χ0n) is 21.6. The number of rotatable bonds is 4. The summed E-state index contributed by atoms with van der Waals surface area (Å²) in [5, 5.41) is 22.1. The Morgan fingerprint density at radius 1 is 1.05 bits per heavy atom. The summed E-state index contributed by atoms with van der Waals surface area (Å²) in [4.78, 5) is 16.2. The molecule has 1 aromatic heterocycles. The van der Waals surface area contributed by atoms with Crippen molar-refractivity contribution in [3.8, 4) is 0 Å². The van der Waals surface area contributed by atoms with E-state index in [4.69, 9.17) is 0 Å². The number of anilines is 2. The van der Waals surface area contributed by atoms with Crippen LogP contribution in [-0.4, -0.2) is 38.0 Å². The number of tetrazole rings is 1. The zero-order chi connectivity index (χ0) is 29.0. The van der Waals surface area contributed by atoms with E-state index in [-0.39, 0.29) is 24.1 Å². The smallest absolute Gasteiger partial charge is 0.416 e. The van der Waals surface area contributed by atoms with Crippen LogP contribution in [-0.2, 0) is 38.8 Å². The summed E-state index contributed by atoms with van der Waals surface area (Å²) in [6, 6.07) is 2.75. The van der Waals surface area contributed by atoms with Gasteiger partial charge in [0.1, 0.15) is 0 Å². The topological polar surface area (TPSA) is 87.4 Å². The molecule has 0 bridgehead atoms. The maximum atomic E-state index is 13.6. The van der Waals surface area contributed by atoms with E-state index in [9.17, 15) is 36.2 Å². The van der Waals surface area contributed by atoms with Crippen molar-refractivity contribution >= 4 is 17.7 Å². The number of aromatic nitrogens is 4. The van der Waals surface area contributed by atoms with E-state index < -0.39 is 42.2 Å². The van der Waals surface area contributed by atoms with E-state index in [0.717, 1.165) is 40.7 Å². The molecule has 5 rings (SSSR count). The molecule has 0 saturated heterocycles. The predicted octanol–water partition coefficient (Wildman–Crippen LogP) is 6.07. The highest BCUT2D eigenvalue weighted by Crippen LogP contribution is 2.45. The van der Waals surface area contributed by atoms with Crippen LogP contribution in [0.4, 0.5) is 42.8 Å². The monoisotopic (exact) mass is 568 g/mol. The first kappa shape index (κ1) is 27.7. The summed E-state index contributed by atoms with van der Waals surface area (Å²) >= 11 is 0. The van der Waals surface area contributed by atoms with Crippen molar-refractivity contribution in [2.75, 3.05) is 16.3 Å². The average molecular weight is 569 g/mol. The van der Waals surface area contributed by atoms with Crippen LogP contribution in [0, 0.1) is 6.92 Å². The predicted molar refractivity (Wildman–Crippen MR) is 132 cm³/mol. The Balaban J connectivity index is 1.68. The molecule has 2 heterocycles. The van der Waals surface area contributed by atoms with Gasteiger partial charge in [0.05, 0.1) is 29.9 Å². The normalized spacial score (nSPS) is 17.4. The molecule has 14 heteroatoms. The lowest BCUT2D eigenvalue weighted by atomic mass is 9.91. The molecule has 40 heavy (non-hydrogen) atoms. The number of hydrogen-bond acceptors (Lipinski definition) is 5. The first-order chi connectivity index (χ1) is 18.7. The van der Waals surface area contributed by atoms with Crippen LogP contribution in [0.3, 0.4) is 0 Å². The Morgan fingerprint density at radius 3 is 2.30 bits per heavy atom. The van der Waals surface area contributed by atoms with Crippen LogP contribution in [0.15, 0.2) is 24.3 Å². The van der Waals surface area contributed by atoms with Gasteiger partial charge in [-0.05, 0) is 90.3 Å². The molecule has 3 aromatic rings. The van der Waals surface area contributed by atoms with E-state index in [2.05, 4.69) is 15.4 Å². The summed E-state index contributed by atoms with van der Waals surface area (Å²) in [6.45, 7) is 1.64. The molecule has 1 aliphatic heterocycles. The lowest BCUT2D eigenvalue weighted by Gasteiger charge is -2.33. The second-order valence-corrected chi connectivity index (χ2v) is 10.1. The summed E-state index contributed by atoms with van der Waals surface area (Å²) in [6.07, 6.45) is -7.90. The number of nitrogens with zero attached hydrogens (tertiary/aromatic N) is 6. The maximum absolute atomic E-state index is 13.6. The van der Waals surface area contributed by atoms with Crippen molar-refractivity contribution < 1.29 is 36.2 Å². The number of carboxylic acid groups (broad SMARTS) is 1. The minimum Gasteiger partial charge on any atom is -0.465 e. The van der Waals surface area contributed by atoms with Crippen LogP contribution < -0.4 is 9.80 Å². The van der Waals surface area contributed by atoms with Crippen LogP contribution in [0.5, 0.6) is 0 Å². The van der Waals surface area contributed by atoms with Crippen molar-refractivity contribution in [2.45, 2.75) is 64.0 Å². The summed E-state index contributed by atoms with van der Waals surface area (Å²) < 4.78 is 81.7. The molecule has 1 atom stereocenters. The molecule has 1 unspecified atom stereocenters. The fraction of sp³-hybridized carbons (Fsp3) is 0.462. The van der Waals surface area contributed by atoms with E-state index >= 15 is 0 Å². The van der Waals surface area contributed by atoms with Crippen molar-refractivity contribution in [1.29, 1.82) is 0 Å². The van der Waals surface area contributed by atoms with Gasteiger partial charge in [-0.1, -0.05) is 11.2 Å². The van der Waals surface area contributed by atoms with Crippen LogP contribution in [0.2, 0.25) is 0 Å². The third-order valence-corrected chi connectivity index (χ3v) is 7.52. The lowest BCUT2D eigenvalue weighted by molar-refractivity contribution is -0.143. The van der Waals surface area contributed by atoms with Crippen molar-refractivity contribution in [1.82, 2.24) is 20.2 Å². The first-order valence-corrected chi connectivity index (χ1v) is 12.7. The largest absolute Gasteiger partial charge is 0.465 e. The second-order valence-electron chi connectivity index (χ2n) is 10.1. The van der Waals surface area contributed by atoms with Crippen LogP contribution >= 0.6 is 0 Å². The molecule has 0 spiro atoms. The van der Waals surface area contributed by atoms with Crippen molar-refractivity contribution in [3.05, 3.63) is 63.2 Å². The van der Waals surface area contributed by atoms with Gasteiger partial charge in [0.25, 0.3) is 5.95 Å². The Morgan fingerprint density at radius 2 is 1.73 bits per heavy atom. The maximum Gasteiger partial charge on any atom is 0.416 e. The minimum atomic E-state index is -5.00. The molecule has 1 amide bonds. The number of benzene rings is 2. The number of carbonyl (C=O) groups is 1. The number of fused-ring (bicyclic) bond motifs is 2. The van der Waals surface area contributed by atoms with Crippen LogP contribution in [0.1, 0.15) is 64.2 Å². The van der Waals surface area contributed by atoms with Gasteiger partial charge in [-0.2, -0.15) is 31.1 Å². The van der Waals surface area contributed by atoms with Gasteiger partial charge in [0.2, 0.25) is 0 Å². The Kier molecular flexibility index (Phi) is 6.91. The van der Waals surface area contributed by atoms with Crippen molar-refractivity contribution in [3.63, 3.8) is 0 Å². The van der Waals surface area contributed by atoms with Crippen LogP contribution in [0.25, 0.3) is 0 Å². The molecule has 0 fully saturated rings. The van der Waals surface area contributed by atoms with Gasteiger partial charge in [0, 0.05) is 13.1 Å². The Labute approximate surface area is 225 Å². The summed E-state index contributed by atoms with van der Waals surface area (Å²) in [7, 11) is 1.49. The number of amides is 1. The van der Waals surface area contributed by atoms with Gasteiger partial charge in [-0.3, -0.25) is 4.90 Å². The number of halogens is 6. The van der Waals surface area contributed by atoms with Gasteiger partial charge >= 0.3 is 18.4 Å². The Bertz CT molecular complexity index is 1420. The standard InChI is InChI=1S/C26H26F6N6O2/c1-14-19-6-3-5-16(19)11-20-21(7-4-8-37(22(14)20)24(39)40)38(23-33-35-36(2)34-23)13-15-9-17(25(27,28)29)12-18(10-15)26(30,31)32/h9-12,21H,3-8,13H2,1-2H3,(H,39,40).